The van der Waals surface area contributed by atoms with Gasteiger partial charge in [-0.1, -0.05) is 67.1 Å². The number of aryl methyl sites for hydroxylation is 3. The number of amides is 2. The Balaban J connectivity index is 1.56. The lowest BCUT2D eigenvalue weighted by Crippen LogP contribution is -2.38. The molecule has 6 rings (SSSR count). The van der Waals surface area contributed by atoms with Crippen molar-refractivity contribution in [1.29, 1.82) is 0 Å². The van der Waals surface area contributed by atoms with E-state index in [0.717, 1.165) is 57.3 Å². The van der Waals surface area contributed by atoms with E-state index in [1.165, 1.54) is 0 Å². The number of urea groups is 1. The molecular formula is C32H31N5O. The molecule has 6 heteroatoms. The predicted molar refractivity (Wildman–Crippen MR) is 151 cm³/mol. The van der Waals surface area contributed by atoms with Gasteiger partial charge in [0.25, 0.3) is 0 Å². The number of rotatable bonds is 4. The average Bonchev–Trinajstić information content (AvgIpc) is 3.50. The molecule has 0 radical (unpaired) electrons. The fraction of sp³-hybridized carbons (Fsp3) is 0.188. The molecule has 1 aliphatic heterocycles. The molecule has 3 heterocycles. The maximum Gasteiger partial charge on any atom is 0.322 e. The number of carbonyl (C=O) groups excluding carboxylic acids is 1. The SMILES string of the molecule is CCc1nn(-c2ccccc2)c2c1CN(C(=O)Nc1cccc(C)c1)C(c1cccc(C)c1)c1cccn1-2. The Labute approximate surface area is 223 Å². The molecule has 0 saturated carbocycles. The van der Waals surface area contributed by atoms with Gasteiger partial charge >= 0.3 is 6.03 Å². The normalized spacial score (nSPS) is 14.5. The van der Waals surface area contributed by atoms with Gasteiger partial charge in [0, 0.05) is 17.4 Å². The molecule has 1 atom stereocenters. The van der Waals surface area contributed by atoms with Crippen LogP contribution in [0.4, 0.5) is 10.5 Å². The average molecular weight is 502 g/mol. The van der Waals surface area contributed by atoms with E-state index in [1.807, 2.05) is 59.0 Å². The molecule has 1 unspecified atom stereocenters. The lowest BCUT2D eigenvalue weighted by Gasteiger charge is -2.31. The Hall–Kier alpha value is -4.58. The van der Waals surface area contributed by atoms with E-state index < -0.39 is 0 Å². The first-order chi connectivity index (χ1) is 18.5. The minimum Gasteiger partial charge on any atom is -0.308 e. The van der Waals surface area contributed by atoms with E-state index in [-0.39, 0.29) is 12.1 Å². The topological polar surface area (TPSA) is 55.1 Å². The highest BCUT2D eigenvalue weighted by molar-refractivity contribution is 5.90. The second kappa shape index (κ2) is 9.71. The smallest absolute Gasteiger partial charge is 0.308 e. The highest BCUT2D eigenvalue weighted by Gasteiger charge is 2.36. The van der Waals surface area contributed by atoms with Crippen LogP contribution in [0, 0.1) is 13.8 Å². The molecular weight excluding hydrogens is 470 g/mol. The molecule has 0 spiro atoms. The van der Waals surface area contributed by atoms with Gasteiger partial charge in [0.15, 0.2) is 0 Å². The first-order valence-electron chi connectivity index (χ1n) is 13.1. The van der Waals surface area contributed by atoms with Gasteiger partial charge in [0.05, 0.1) is 29.7 Å². The Morgan fingerprint density at radius 3 is 2.42 bits per heavy atom. The lowest BCUT2D eigenvalue weighted by molar-refractivity contribution is 0.194. The third kappa shape index (κ3) is 4.18. The fourth-order valence-corrected chi connectivity index (χ4v) is 5.46. The fourth-order valence-electron chi connectivity index (χ4n) is 5.46. The number of hydrogen-bond acceptors (Lipinski definition) is 2. The molecule has 3 aromatic carbocycles. The Morgan fingerprint density at radius 2 is 1.68 bits per heavy atom. The van der Waals surface area contributed by atoms with Crippen molar-refractivity contribution in [2.75, 3.05) is 5.32 Å². The zero-order chi connectivity index (χ0) is 26.2. The molecule has 1 aliphatic rings. The zero-order valence-electron chi connectivity index (χ0n) is 21.9. The van der Waals surface area contributed by atoms with Crippen molar-refractivity contribution in [2.45, 2.75) is 39.8 Å². The summed E-state index contributed by atoms with van der Waals surface area (Å²) in [6.45, 7) is 6.67. The van der Waals surface area contributed by atoms with Gasteiger partial charge in [-0.25, -0.2) is 9.48 Å². The van der Waals surface area contributed by atoms with Crippen LogP contribution >= 0.6 is 0 Å². The molecule has 0 saturated heterocycles. The molecule has 1 N–H and O–H groups in total. The van der Waals surface area contributed by atoms with Crippen LogP contribution in [0.25, 0.3) is 11.5 Å². The van der Waals surface area contributed by atoms with Crippen LogP contribution in [-0.2, 0) is 13.0 Å². The number of benzene rings is 3. The Bertz CT molecular complexity index is 1610. The summed E-state index contributed by atoms with van der Waals surface area (Å²) in [5.41, 5.74) is 8.18. The number of para-hydroxylation sites is 1. The summed E-state index contributed by atoms with van der Waals surface area (Å²) < 4.78 is 4.23. The number of nitrogens with one attached hydrogen (secondary N) is 1. The number of nitrogens with zero attached hydrogens (tertiary/aromatic N) is 4. The van der Waals surface area contributed by atoms with Crippen molar-refractivity contribution >= 4 is 11.7 Å². The second-order valence-corrected chi connectivity index (χ2v) is 9.90. The van der Waals surface area contributed by atoms with Crippen molar-refractivity contribution in [1.82, 2.24) is 19.2 Å². The van der Waals surface area contributed by atoms with Crippen LogP contribution in [0.5, 0.6) is 0 Å². The number of aromatic nitrogens is 3. The number of hydrogen-bond donors (Lipinski definition) is 1. The van der Waals surface area contributed by atoms with E-state index in [9.17, 15) is 4.79 Å². The second-order valence-electron chi connectivity index (χ2n) is 9.90. The summed E-state index contributed by atoms with van der Waals surface area (Å²) in [7, 11) is 0. The van der Waals surface area contributed by atoms with Crippen LogP contribution in [-0.4, -0.2) is 25.3 Å². The van der Waals surface area contributed by atoms with Crippen molar-refractivity contribution in [3.8, 4) is 11.5 Å². The van der Waals surface area contributed by atoms with Crippen LogP contribution < -0.4 is 5.32 Å². The summed E-state index contributed by atoms with van der Waals surface area (Å²) in [6.07, 6.45) is 2.85. The van der Waals surface area contributed by atoms with E-state index in [1.54, 1.807) is 0 Å². The molecule has 2 aromatic heterocycles. The quantitative estimate of drug-likeness (QED) is 0.289. The van der Waals surface area contributed by atoms with Crippen molar-refractivity contribution in [3.05, 3.63) is 131 Å². The summed E-state index contributed by atoms with van der Waals surface area (Å²) in [6, 6.07) is 30.3. The lowest BCUT2D eigenvalue weighted by atomic mass is 10.00. The van der Waals surface area contributed by atoms with Crippen molar-refractivity contribution < 1.29 is 4.79 Å². The van der Waals surface area contributed by atoms with E-state index in [2.05, 4.69) is 78.5 Å². The van der Waals surface area contributed by atoms with Gasteiger partial charge in [-0.3, -0.25) is 0 Å². The Morgan fingerprint density at radius 1 is 0.921 bits per heavy atom. The first-order valence-corrected chi connectivity index (χ1v) is 13.1. The van der Waals surface area contributed by atoms with Gasteiger partial charge < -0.3 is 14.8 Å². The number of fused-ring (bicyclic) bond motifs is 3. The summed E-state index contributed by atoms with van der Waals surface area (Å²) in [5, 5.41) is 8.21. The summed E-state index contributed by atoms with van der Waals surface area (Å²) >= 11 is 0. The standard InChI is InChI=1S/C32H31N5O/c1-4-28-27-21-36(32(38)33-25-14-9-12-23(3)20-25)30(24-13-8-11-22(2)19-24)29-17-10-18-35(29)31(27)37(34-28)26-15-6-5-7-16-26/h5-20,30H,4,21H2,1-3H3,(H,33,38). The minimum absolute atomic E-state index is 0.141. The molecule has 5 aromatic rings. The maximum atomic E-state index is 14.1. The minimum atomic E-state index is -0.281. The predicted octanol–water partition coefficient (Wildman–Crippen LogP) is 6.98. The number of carbonyl (C=O) groups is 1. The van der Waals surface area contributed by atoms with Crippen molar-refractivity contribution in [2.24, 2.45) is 0 Å². The van der Waals surface area contributed by atoms with Crippen LogP contribution in [0.1, 0.15) is 46.6 Å². The summed E-state index contributed by atoms with van der Waals surface area (Å²) in [5.74, 6) is 0.983. The van der Waals surface area contributed by atoms with E-state index in [4.69, 9.17) is 5.10 Å². The molecule has 6 nitrogen and oxygen atoms in total. The van der Waals surface area contributed by atoms with Crippen LogP contribution in [0.2, 0.25) is 0 Å². The van der Waals surface area contributed by atoms with E-state index >= 15 is 0 Å². The third-order valence-corrected chi connectivity index (χ3v) is 7.19. The first kappa shape index (κ1) is 23.8. The van der Waals surface area contributed by atoms with Gasteiger partial charge in [-0.2, -0.15) is 5.10 Å². The summed E-state index contributed by atoms with van der Waals surface area (Å²) in [4.78, 5) is 16.0. The van der Waals surface area contributed by atoms with Crippen LogP contribution in [0.15, 0.2) is 97.2 Å². The molecule has 2 amide bonds. The van der Waals surface area contributed by atoms with Gasteiger partial charge in [-0.15, -0.1) is 0 Å². The highest BCUT2D eigenvalue weighted by Crippen LogP contribution is 2.39. The van der Waals surface area contributed by atoms with Gasteiger partial charge in [-0.05, 0) is 67.8 Å². The van der Waals surface area contributed by atoms with Crippen molar-refractivity contribution in [3.63, 3.8) is 0 Å². The van der Waals surface area contributed by atoms with Crippen LogP contribution in [0.3, 0.4) is 0 Å². The Kier molecular flexibility index (Phi) is 6.08. The zero-order valence-corrected chi connectivity index (χ0v) is 21.9. The highest BCUT2D eigenvalue weighted by atomic mass is 16.2. The largest absolute Gasteiger partial charge is 0.322 e. The van der Waals surface area contributed by atoms with E-state index in [0.29, 0.717) is 6.54 Å². The molecule has 0 bridgehead atoms. The molecule has 38 heavy (non-hydrogen) atoms. The van der Waals surface area contributed by atoms with Gasteiger partial charge in [0.2, 0.25) is 0 Å². The molecule has 0 aliphatic carbocycles. The van der Waals surface area contributed by atoms with Gasteiger partial charge in [0.1, 0.15) is 5.82 Å². The monoisotopic (exact) mass is 501 g/mol. The number of anilines is 1. The maximum absolute atomic E-state index is 14.1. The molecule has 0 fully saturated rings. The molecule has 190 valence electrons. The third-order valence-electron chi connectivity index (χ3n) is 7.19.